The van der Waals surface area contributed by atoms with Gasteiger partial charge in [0.05, 0.1) is 7.11 Å². The lowest BCUT2D eigenvalue weighted by molar-refractivity contribution is 0.411. The maximum Gasteiger partial charge on any atom is 0.193 e. The van der Waals surface area contributed by atoms with Gasteiger partial charge in [0.25, 0.3) is 0 Å². The van der Waals surface area contributed by atoms with E-state index in [9.17, 15) is 0 Å². The SMILES string of the molecule is CN=C(NCc1ccc(OC)c(C)c1)N1CCCC1.I. The van der Waals surface area contributed by atoms with Crippen LogP contribution < -0.4 is 10.1 Å². The maximum atomic E-state index is 5.28. The molecule has 2 rings (SSSR count). The van der Waals surface area contributed by atoms with Gasteiger partial charge in [0.2, 0.25) is 0 Å². The topological polar surface area (TPSA) is 36.9 Å². The summed E-state index contributed by atoms with van der Waals surface area (Å²) >= 11 is 0. The Morgan fingerprint density at radius 1 is 1.35 bits per heavy atom. The minimum absolute atomic E-state index is 0. The van der Waals surface area contributed by atoms with Gasteiger partial charge in [-0.15, -0.1) is 24.0 Å². The molecule has 0 aliphatic carbocycles. The Hall–Kier alpha value is -0.980. The molecule has 0 amide bonds. The molecule has 1 saturated heterocycles. The van der Waals surface area contributed by atoms with Crippen LogP contribution in [-0.4, -0.2) is 38.1 Å². The van der Waals surface area contributed by atoms with Crippen LogP contribution in [0.15, 0.2) is 23.2 Å². The Labute approximate surface area is 138 Å². The molecule has 0 spiro atoms. The summed E-state index contributed by atoms with van der Waals surface area (Å²) in [7, 11) is 3.55. The molecule has 0 radical (unpaired) electrons. The van der Waals surface area contributed by atoms with Crippen LogP contribution in [0.4, 0.5) is 0 Å². The van der Waals surface area contributed by atoms with Crippen LogP contribution in [0.3, 0.4) is 0 Å². The second-order valence-corrected chi connectivity index (χ2v) is 4.90. The molecule has 0 unspecified atom stereocenters. The van der Waals surface area contributed by atoms with Crippen molar-refractivity contribution < 1.29 is 4.74 Å². The van der Waals surface area contributed by atoms with Gasteiger partial charge in [-0.05, 0) is 37.0 Å². The van der Waals surface area contributed by atoms with Crippen molar-refractivity contribution in [1.29, 1.82) is 0 Å². The number of nitrogens with zero attached hydrogens (tertiary/aromatic N) is 2. The van der Waals surface area contributed by atoms with Crippen molar-refractivity contribution in [2.24, 2.45) is 4.99 Å². The van der Waals surface area contributed by atoms with Gasteiger partial charge < -0.3 is 15.0 Å². The van der Waals surface area contributed by atoms with Crippen LogP contribution >= 0.6 is 24.0 Å². The molecule has 112 valence electrons. The van der Waals surface area contributed by atoms with E-state index in [0.717, 1.165) is 36.9 Å². The molecule has 1 heterocycles. The van der Waals surface area contributed by atoms with Crippen molar-refractivity contribution in [2.45, 2.75) is 26.3 Å². The number of guanidine groups is 1. The second-order valence-electron chi connectivity index (χ2n) is 4.90. The highest BCUT2D eigenvalue weighted by Crippen LogP contribution is 2.18. The first-order valence-electron chi connectivity index (χ1n) is 6.83. The third-order valence-corrected chi connectivity index (χ3v) is 3.53. The summed E-state index contributed by atoms with van der Waals surface area (Å²) in [5.74, 6) is 1.94. The van der Waals surface area contributed by atoms with E-state index in [4.69, 9.17) is 4.74 Å². The Morgan fingerprint density at radius 2 is 2.05 bits per heavy atom. The van der Waals surface area contributed by atoms with Crippen LogP contribution in [0.5, 0.6) is 5.75 Å². The third-order valence-electron chi connectivity index (χ3n) is 3.53. The van der Waals surface area contributed by atoms with E-state index in [-0.39, 0.29) is 24.0 Å². The van der Waals surface area contributed by atoms with E-state index in [0.29, 0.717) is 0 Å². The molecule has 1 fully saturated rings. The van der Waals surface area contributed by atoms with E-state index in [1.54, 1.807) is 7.11 Å². The highest BCUT2D eigenvalue weighted by atomic mass is 127. The number of benzene rings is 1. The highest BCUT2D eigenvalue weighted by Gasteiger charge is 2.15. The number of halogens is 1. The minimum atomic E-state index is 0. The third kappa shape index (κ3) is 4.26. The first-order chi connectivity index (χ1) is 9.24. The number of hydrogen-bond donors (Lipinski definition) is 1. The van der Waals surface area contributed by atoms with Crippen LogP contribution in [0.1, 0.15) is 24.0 Å². The standard InChI is InChI=1S/C15H23N3O.HI/c1-12-10-13(6-7-14(12)19-3)11-17-15(16-2)18-8-4-5-9-18;/h6-7,10H,4-5,8-9,11H2,1-3H3,(H,16,17);1H. The largest absolute Gasteiger partial charge is 0.496 e. The van der Waals surface area contributed by atoms with Gasteiger partial charge in [-0.2, -0.15) is 0 Å². The molecule has 1 N–H and O–H groups in total. The van der Waals surface area contributed by atoms with Crippen molar-refractivity contribution >= 4 is 29.9 Å². The predicted molar refractivity (Wildman–Crippen MR) is 94.2 cm³/mol. The van der Waals surface area contributed by atoms with Crippen LogP contribution in [-0.2, 0) is 6.54 Å². The van der Waals surface area contributed by atoms with Crippen molar-refractivity contribution in [3.8, 4) is 5.75 Å². The molecule has 1 aliphatic rings. The van der Waals surface area contributed by atoms with E-state index in [1.807, 2.05) is 13.1 Å². The zero-order valence-electron chi connectivity index (χ0n) is 12.5. The Kier molecular flexibility index (Phi) is 7.12. The van der Waals surface area contributed by atoms with Gasteiger partial charge in [-0.1, -0.05) is 12.1 Å². The Balaban J connectivity index is 0.00000200. The smallest absolute Gasteiger partial charge is 0.193 e. The molecule has 20 heavy (non-hydrogen) atoms. The molecule has 5 heteroatoms. The molecule has 0 bridgehead atoms. The number of ether oxygens (including phenoxy) is 1. The van der Waals surface area contributed by atoms with Gasteiger partial charge in [-0.3, -0.25) is 4.99 Å². The van der Waals surface area contributed by atoms with Crippen molar-refractivity contribution in [3.05, 3.63) is 29.3 Å². The lowest BCUT2D eigenvalue weighted by atomic mass is 10.1. The predicted octanol–water partition coefficient (Wildman–Crippen LogP) is 2.79. The molecule has 1 aromatic rings. The molecule has 1 aromatic carbocycles. The van der Waals surface area contributed by atoms with Crippen LogP contribution in [0.25, 0.3) is 0 Å². The minimum Gasteiger partial charge on any atom is -0.496 e. The normalized spacial score (nSPS) is 14.9. The molecular weight excluding hydrogens is 365 g/mol. The summed E-state index contributed by atoms with van der Waals surface area (Å²) in [4.78, 5) is 6.66. The number of aryl methyl sites for hydroxylation is 1. The lowest BCUT2D eigenvalue weighted by Gasteiger charge is -2.21. The summed E-state index contributed by atoms with van der Waals surface area (Å²) < 4.78 is 5.28. The average Bonchev–Trinajstić information content (AvgIpc) is 2.94. The summed E-state index contributed by atoms with van der Waals surface area (Å²) in [5, 5.41) is 3.43. The first-order valence-corrected chi connectivity index (χ1v) is 6.83. The summed E-state index contributed by atoms with van der Waals surface area (Å²) in [6, 6.07) is 6.27. The van der Waals surface area contributed by atoms with E-state index < -0.39 is 0 Å². The van der Waals surface area contributed by atoms with E-state index in [2.05, 4.69) is 34.3 Å². The summed E-state index contributed by atoms with van der Waals surface area (Å²) in [6.45, 7) is 5.09. The van der Waals surface area contributed by atoms with Crippen LogP contribution in [0.2, 0.25) is 0 Å². The highest BCUT2D eigenvalue weighted by molar-refractivity contribution is 14.0. The maximum absolute atomic E-state index is 5.28. The fraction of sp³-hybridized carbons (Fsp3) is 0.533. The molecular formula is C15H24IN3O. The number of nitrogens with one attached hydrogen (secondary N) is 1. The molecule has 0 saturated carbocycles. The quantitative estimate of drug-likeness (QED) is 0.491. The van der Waals surface area contributed by atoms with Crippen molar-refractivity contribution in [3.63, 3.8) is 0 Å². The second kappa shape index (κ2) is 8.34. The molecule has 1 aliphatic heterocycles. The Bertz CT molecular complexity index is 456. The van der Waals surface area contributed by atoms with Gasteiger partial charge in [0, 0.05) is 26.7 Å². The zero-order chi connectivity index (χ0) is 13.7. The number of methoxy groups -OCH3 is 1. The van der Waals surface area contributed by atoms with Crippen molar-refractivity contribution in [1.82, 2.24) is 10.2 Å². The number of rotatable bonds is 3. The number of aliphatic imine (C=N–C) groups is 1. The van der Waals surface area contributed by atoms with Gasteiger partial charge in [-0.25, -0.2) is 0 Å². The molecule has 0 atom stereocenters. The zero-order valence-corrected chi connectivity index (χ0v) is 14.8. The summed E-state index contributed by atoms with van der Waals surface area (Å²) in [5.41, 5.74) is 2.41. The Morgan fingerprint density at radius 3 is 2.60 bits per heavy atom. The fourth-order valence-corrected chi connectivity index (χ4v) is 2.49. The first kappa shape index (κ1) is 17.1. The lowest BCUT2D eigenvalue weighted by Crippen LogP contribution is -2.39. The van der Waals surface area contributed by atoms with E-state index in [1.165, 1.54) is 18.4 Å². The number of hydrogen-bond acceptors (Lipinski definition) is 2. The van der Waals surface area contributed by atoms with Gasteiger partial charge >= 0.3 is 0 Å². The summed E-state index contributed by atoms with van der Waals surface area (Å²) in [6.07, 6.45) is 2.53. The average molecular weight is 389 g/mol. The van der Waals surface area contributed by atoms with Gasteiger partial charge in [0.1, 0.15) is 5.75 Å². The molecule has 4 nitrogen and oxygen atoms in total. The van der Waals surface area contributed by atoms with E-state index >= 15 is 0 Å². The molecule has 0 aromatic heterocycles. The number of likely N-dealkylation sites (tertiary alicyclic amines) is 1. The van der Waals surface area contributed by atoms with Gasteiger partial charge in [0.15, 0.2) is 5.96 Å². The van der Waals surface area contributed by atoms with Crippen molar-refractivity contribution in [2.75, 3.05) is 27.2 Å². The fourth-order valence-electron chi connectivity index (χ4n) is 2.49. The van der Waals surface area contributed by atoms with Crippen LogP contribution in [0, 0.1) is 6.92 Å². The monoisotopic (exact) mass is 389 g/mol.